The third-order valence-corrected chi connectivity index (χ3v) is 3.78. The van der Waals surface area contributed by atoms with Gasteiger partial charge in [-0.05, 0) is 22.9 Å². The number of nitrogens with zero attached hydrogens (tertiary/aromatic N) is 2. The lowest BCUT2D eigenvalue weighted by Gasteiger charge is -2.07. The van der Waals surface area contributed by atoms with Crippen molar-refractivity contribution in [2.75, 3.05) is 0 Å². The number of imidazole rings is 1. The van der Waals surface area contributed by atoms with Gasteiger partial charge in [0.05, 0.1) is 11.3 Å². The van der Waals surface area contributed by atoms with Crippen molar-refractivity contribution in [3.63, 3.8) is 0 Å². The number of hydrogen-bond donors (Lipinski definition) is 1. The van der Waals surface area contributed by atoms with E-state index >= 15 is 0 Å². The average Bonchev–Trinajstić information content (AvgIpc) is 2.97. The number of aromatic carboxylic acids is 1. The molecule has 2 aromatic heterocycles. The van der Waals surface area contributed by atoms with E-state index in [1.54, 1.807) is 0 Å². The van der Waals surface area contributed by atoms with Crippen LogP contribution in [0.2, 0.25) is 0 Å². The van der Waals surface area contributed by atoms with E-state index in [1.807, 2.05) is 71.4 Å². The predicted molar refractivity (Wildman–Crippen MR) is 85.1 cm³/mol. The molecule has 0 fully saturated rings. The van der Waals surface area contributed by atoms with Crippen LogP contribution in [-0.2, 0) is 0 Å². The SMILES string of the molecule is O=C(O)c1c(-c2cn3ccccc3n2)ccc2ccccc12. The van der Waals surface area contributed by atoms with Gasteiger partial charge in [-0.2, -0.15) is 0 Å². The molecule has 1 N–H and O–H groups in total. The highest BCUT2D eigenvalue weighted by molar-refractivity contribution is 6.09. The first-order valence-corrected chi connectivity index (χ1v) is 6.93. The largest absolute Gasteiger partial charge is 0.478 e. The van der Waals surface area contributed by atoms with E-state index in [1.165, 1.54) is 0 Å². The lowest BCUT2D eigenvalue weighted by atomic mass is 9.97. The molecule has 0 aliphatic rings. The third-order valence-electron chi connectivity index (χ3n) is 3.78. The van der Waals surface area contributed by atoms with Crippen LogP contribution in [0.15, 0.2) is 67.0 Å². The van der Waals surface area contributed by atoms with Gasteiger partial charge >= 0.3 is 5.97 Å². The van der Waals surface area contributed by atoms with E-state index in [0.29, 0.717) is 16.8 Å². The van der Waals surface area contributed by atoms with Crippen LogP contribution in [0, 0.1) is 0 Å². The number of carboxylic acids is 1. The molecular weight excluding hydrogens is 276 g/mol. The molecule has 2 heterocycles. The van der Waals surface area contributed by atoms with Crippen LogP contribution in [0.4, 0.5) is 0 Å². The van der Waals surface area contributed by atoms with Crippen LogP contribution in [-0.4, -0.2) is 20.5 Å². The molecule has 0 amide bonds. The summed E-state index contributed by atoms with van der Waals surface area (Å²) in [6.07, 6.45) is 3.75. The summed E-state index contributed by atoms with van der Waals surface area (Å²) in [5.74, 6) is -0.941. The van der Waals surface area contributed by atoms with Gasteiger partial charge in [0.25, 0.3) is 0 Å². The molecule has 4 rings (SSSR count). The maximum absolute atomic E-state index is 11.8. The zero-order valence-electron chi connectivity index (χ0n) is 11.6. The van der Waals surface area contributed by atoms with Crippen LogP contribution in [0.5, 0.6) is 0 Å². The fourth-order valence-electron chi connectivity index (χ4n) is 2.78. The molecule has 4 heteroatoms. The molecule has 0 unspecified atom stereocenters. The summed E-state index contributed by atoms with van der Waals surface area (Å²) in [5.41, 5.74) is 2.38. The molecule has 4 aromatic rings. The molecule has 0 saturated heterocycles. The third kappa shape index (κ3) is 1.85. The summed E-state index contributed by atoms with van der Waals surface area (Å²) in [6, 6.07) is 17.0. The standard InChI is InChI=1S/C18H12N2O2/c21-18(22)17-13-6-2-1-5-12(13)8-9-14(17)15-11-20-10-4-3-7-16(20)19-15/h1-11H,(H,21,22). The van der Waals surface area contributed by atoms with Crippen molar-refractivity contribution >= 4 is 22.4 Å². The van der Waals surface area contributed by atoms with Gasteiger partial charge in [-0.1, -0.05) is 42.5 Å². The molecule has 22 heavy (non-hydrogen) atoms. The normalized spacial score (nSPS) is 11.1. The maximum Gasteiger partial charge on any atom is 0.337 e. The topological polar surface area (TPSA) is 54.6 Å². The minimum absolute atomic E-state index is 0.293. The monoisotopic (exact) mass is 288 g/mol. The number of benzene rings is 2. The van der Waals surface area contributed by atoms with Gasteiger partial charge in [0, 0.05) is 18.0 Å². The molecule has 0 bridgehead atoms. The van der Waals surface area contributed by atoms with E-state index < -0.39 is 5.97 Å². The van der Waals surface area contributed by atoms with Crippen molar-refractivity contribution in [3.8, 4) is 11.3 Å². The van der Waals surface area contributed by atoms with Crippen LogP contribution >= 0.6 is 0 Å². The van der Waals surface area contributed by atoms with Crippen molar-refractivity contribution in [2.24, 2.45) is 0 Å². The summed E-state index contributed by atoms with van der Waals surface area (Å²) in [4.78, 5) is 16.3. The Morgan fingerprint density at radius 3 is 2.64 bits per heavy atom. The Balaban J connectivity index is 2.05. The molecule has 0 radical (unpaired) electrons. The first-order chi connectivity index (χ1) is 10.7. The number of fused-ring (bicyclic) bond motifs is 2. The Bertz CT molecular complexity index is 985. The van der Waals surface area contributed by atoms with Crippen molar-refractivity contribution in [2.45, 2.75) is 0 Å². The maximum atomic E-state index is 11.8. The number of aromatic nitrogens is 2. The van der Waals surface area contributed by atoms with Crippen molar-refractivity contribution in [3.05, 3.63) is 72.6 Å². The van der Waals surface area contributed by atoms with Gasteiger partial charge in [-0.15, -0.1) is 0 Å². The Hall–Kier alpha value is -3.14. The second-order valence-electron chi connectivity index (χ2n) is 5.11. The highest BCUT2D eigenvalue weighted by atomic mass is 16.4. The lowest BCUT2D eigenvalue weighted by Crippen LogP contribution is -2.01. The smallest absolute Gasteiger partial charge is 0.337 e. The minimum atomic E-state index is -0.941. The summed E-state index contributed by atoms with van der Waals surface area (Å²) >= 11 is 0. The van der Waals surface area contributed by atoms with E-state index in [-0.39, 0.29) is 0 Å². The lowest BCUT2D eigenvalue weighted by molar-refractivity contribution is 0.0700. The van der Waals surface area contributed by atoms with Gasteiger partial charge in [0.1, 0.15) is 5.65 Å². The quantitative estimate of drug-likeness (QED) is 0.609. The second kappa shape index (κ2) is 4.70. The zero-order valence-corrected chi connectivity index (χ0v) is 11.6. The molecule has 0 atom stereocenters. The fraction of sp³-hybridized carbons (Fsp3) is 0. The number of rotatable bonds is 2. The summed E-state index contributed by atoms with van der Waals surface area (Å²) < 4.78 is 1.89. The zero-order chi connectivity index (χ0) is 15.1. The molecule has 0 aliphatic heterocycles. The molecule has 4 nitrogen and oxygen atoms in total. The number of carboxylic acid groups (broad SMARTS) is 1. The van der Waals surface area contributed by atoms with Gasteiger partial charge < -0.3 is 9.51 Å². The van der Waals surface area contributed by atoms with E-state index in [2.05, 4.69) is 4.98 Å². The number of pyridine rings is 1. The summed E-state index contributed by atoms with van der Waals surface area (Å²) in [5, 5.41) is 11.3. The van der Waals surface area contributed by atoms with E-state index in [0.717, 1.165) is 16.4 Å². The molecule has 106 valence electrons. The van der Waals surface area contributed by atoms with E-state index in [9.17, 15) is 9.90 Å². The van der Waals surface area contributed by atoms with E-state index in [4.69, 9.17) is 0 Å². The number of hydrogen-bond acceptors (Lipinski definition) is 2. The van der Waals surface area contributed by atoms with Gasteiger partial charge in [-0.3, -0.25) is 0 Å². The van der Waals surface area contributed by atoms with Crippen molar-refractivity contribution < 1.29 is 9.90 Å². The Morgan fingerprint density at radius 1 is 1.00 bits per heavy atom. The van der Waals surface area contributed by atoms with Crippen LogP contribution in [0.1, 0.15) is 10.4 Å². The molecule has 0 aliphatic carbocycles. The fourth-order valence-corrected chi connectivity index (χ4v) is 2.78. The molecular formula is C18H12N2O2. The highest BCUT2D eigenvalue weighted by Gasteiger charge is 2.17. The minimum Gasteiger partial charge on any atom is -0.478 e. The van der Waals surface area contributed by atoms with Gasteiger partial charge in [0.2, 0.25) is 0 Å². The highest BCUT2D eigenvalue weighted by Crippen LogP contribution is 2.30. The van der Waals surface area contributed by atoms with Gasteiger partial charge in [0.15, 0.2) is 0 Å². The van der Waals surface area contributed by atoms with Crippen LogP contribution in [0.3, 0.4) is 0 Å². The first kappa shape index (κ1) is 12.6. The Labute approximate surface area is 126 Å². The van der Waals surface area contributed by atoms with Crippen LogP contribution in [0.25, 0.3) is 27.7 Å². The first-order valence-electron chi connectivity index (χ1n) is 6.93. The predicted octanol–water partition coefficient (Wildman–Crippen LogP) is 3.85. The Kier molecular flexibility index (Phi) is 2.69. The molecule has 0 spiro atoms. The van der Waals surface area contributed by atoms with Crippen LogP contribution < -0.4 is 0 Å². The average molecular weight is 288 g/mol. The molecule has 0 saturated carbocycles. The number of carbonyl (C=O) groups is 1. The van der Waals surface area contributed by atoms with Crippen molar-refractivity contribution in [1.29, 1.82) is 0 Å². The van der Waals surface area contributed by atoms with Crippen molar-refractivity contribution in [1.82, 2.24) is 9.38 Å². The summed E-state index contributed by atoms with van der Waals surface area (Å²) in [7, 11) is 0. The Morgan fingerprint density at radius 2 is 1.82 bits per heavy atom. The summed E-state index contributed by atoms with van der Waals surface area (Å²) in [6.45, 7) is 0. The van der Waals surface area contributed by atoms with Gasteiger partial charge in [-0.25, -0.2) is 9.78 Å². The molecule has 2 aromatic carbocycles. The second-order valence-corrected chi connectivity index (χ2v) is 5.11.